The summed E-state index contributed by atoms with van der Waals surface area (Å²) in [5.41, 5.74) is 0. The molecule has 0 saturated carbocycles. The first kappa shape index (κ1) is 11.5. The summed E-state index contributed by atoms with van der Waals surface area (Å²) in [4.78, 5) is 6.19. The Kier molecular flexibility index (Phi) is 3.16. The van der Waals surface area contributed by atoms with Crippen LogP contribution in [0.25, 0.3) is 0 Å². The van der Waals surface area contributed by atoms with Crippen LogP contribution in [0.3, 0.4) is 0 Å². The molecule has 0 bridgehead atoms. The molecule has 0 saturated heterocycles. The Bertz CT molecular complexity index is 329. The van der Waals surface area contributed by atoms with Gasteiger partial charge >= 0.3 is 6.18 Å². The molecule has 14 heavy (non-hydrogen) atoms. The molecule has 2 nitrogen and oxygen atoms in total. The van der Waals surface area contributed by atoms with Crippen molar-refractivity contribution in [3.05, 3.63) is 21.9 Å². The Morgan fingerprint density at radius 3 is 1.86 bits per heavy atom. The summed E-state index contributed by atoms with van der Waals surface area (Å²) < 4.78 is 48.2. The van der Waals surface area contributed by atoms with Gasteiger partial charge < -0.3 is 0 Å². The molecular formula is C6H2Cl2F4N2. The van der Waals surface area contributed by atoms with Crippen molar-refractivity contribution < 1.29 is 17.6 Å². The van der Waals surface area contributed by atoms with Gasteiger partial charge in [-0.25, -0.2) is 14.4 Å². The first-order valence-electron chi connectivity index (χ1n) is 3.24. The third-order valence-electron chi connectivity index (χ3n) is 1.18. The maximum absolute atomic E-state index is 12.7. The van der Waals surface area contributed by atoms with Crippen molar-refractivity contribution in [1.29, 1.82) is 0 Å². The lowest BCUT2D eigenvalue weighted by molar-refractivity contribution is -0.128. The van der Waals surface area contributed by atoms with E-state index in [9.17, 15) is 17.6 Å². The number of hydrogen-bond donors (Lipinski definition) is 0. The highest BCUT2D eigenvalue weighted by molar-refractivity contribution is 6.33. The lowest BCUT2D eigenvalue weighted by Gasteiger charge is -2.05. The lowest BCUT2D eigenvalue weighted by Crippen LogP contribution is -2.14. The van der Waals surface area contributed by atoms with Crippen LogP contribution < -0.4 is 0 Å². The van der Waals surface area contributed by atoms with E-state index in [-0.39, 0.29) is 0 Å². The predicted octanol–water partition coefficient (Wildman–Crippen LogP) is 3.03. The van der Waals surface area contributed by atoms with Crippen molar-refractivity contribution in [3.8, 4) is 0 Å². The Hall–Kier alpha value is -0.620. The fourth-order valence-corrected chi connectivity index (χ4v) is 1.12. The molecule has 1 aromatic rings. The summed E-state index contributed by atoms with van der Waals surface area (Å²) in [6.45, 7) is 0. The highest BCUT2D eigenvalue weighted by Crippen LogP contribution is 2.23. The minimum absolute atomic E-state index is 0.658. The number of hydrogen-bond acceptors (Lipinski definition) is 2. The van der Waals surface area contributed by atoms with Crippen LogP contribution in [0.4, 0.5) is 17.6 Å². The number of aromatic nitrogens is 2. The fraction of sp³-hybridized carbons (Fsp3) is 0.333. The fourth-order valence-electron chi connectivity index (χ4n) is 0.693. The van der Waals surface area contributed by atoms with Gasteiger partial charge in [0, 0.05) is 0 Å². The third kappa shape index (κ3) is 2.95. The Balaban J connectivity index is 3.02. The Labute approximate surface area is 85.9 Å². The molecule has 1 heterocycles. The molecule has 0 radical (unpaired) electrons. The van der Waals surface area contributed by atoms with E-state index in [4.69, 9.17) is 23.2 Å². The van der Waals surface area contributed by atoms with E-state index in [0.717, 1.165) is 0 Å². The molecule has 0 amide bonds. The second-order valence-electron chi connectivity index (χ2n) is 2.33. The second kappa shape index (κ2) is 3.86. The highest BCUT2D eigenvalue weighted by atomic mass is 35.5. The molecule has 0 aliphatic carbocycles. The first-order valence-corrected chi connectivity index (χ1v) is 3.99. The summed E-state index contributed by atoms with van der Waals surface area (Å²) in [5.74, 6) is -1.78. The highest BCUT2D eigenvalue weighted by Gasteiger charge is 2.30. The van der Waals surface area contributed by atoms with Crippen LogP contribution in [0.15, 0.2) is 0 Å². The smallest absolute Gasteiger partial charge is 0.218 e. The maximum atomic E-state index is 12.7. The monoisotopic (exact) mass is 248 g/mol. The maximum Gasteiger partial charge on any atom is 0.396 e. The number of nitrogens with zero attached hydrogens (tertiary/aromatic N) is 2. The molecule has 0 atom stereocenters. The molecule has 0 fully saturated rings. The molecule has 0 aliphatic rings. The van der Waals surface area contributed by atoms with Gasteiger partial charge in [0.15, 0.2) is 16.1 Å². The largest absolute Gasteiger partial charge is 0.396 e. The standard InChI is InChI=1S/C6H2Cl2F4N2/c7-4-3(9)5(8)14-2(13-4)1-6(10,11)12/h1H2. The van der Waals surface area contributed by atoms with Gasteiger partial charge in [-0.3, -0.25) is 0 Å². The molecule has 78 valence electrons. The molecular weight excluding hydrogens is 247 g/mol. The van der Waals surface area contributed by atoms with Gasteiger partial charge in [0.05, 0.1) is 0 Å². The Morgan fingerprint density at radius 1 is 1.07 bits per heavy atom. The predicted molar refractivity (Wildman–Crippen MR) is 41.8 cm³/mol. The number of alkyl halides is 3. The van der Waals surface area contributed by atoms with Crippen LogP contribution in [0.1, 0.15) is 5.82 Å². The normalized spacial score (nSPS) is 11.9. The van der Waals surface area contributed by atoms with E-state index < -0.39 is 34.5 Å². The van der Waals surface area contributed by atoms with Gasteiger partial charge in [-0.05, 0) is 0 Å². The Morgan fingerprint density at radius 2 is 1.50 bits per heavy atom. The van der Waals surface area contributed by atoms with Gasteiger partial charge in [-0.2, -0.15) is 13.2 Å². The molecule has 1 aromatic heterocycles. The molecule has 0 N–H and O–H groups in total. The summed E-state index contributed by atoms with van der Waals surface area (Å²) >= 11 is 10.3. The lowest BCUT2D eigenvalue weighted by atomic mass is 10.4. The van der Waals surface area contributed by atoms with E-state index in [1.54, 1.807) is 0 Å². The van der Waals surface area contributed by atoms with Crippen molar-refractivity contribution >= 4 is 23.2 Å². The zero-order valence-electron chi connectivity index (χ0n) is 6.37. The van der Waals surface area contributed by atoms with Crippen LogP contribution in [0.2, 0.25) is 10.3 Å². The zero-order valence-corrected chi connectivity index (χ0v) is 7.88. The number of rotatable bonds is 1. The van der Waals surface area contributed by atoms with Crippen LogP contribution in [-0.2, 0) is 6.42 Å². The summed E-state index contributed by atoms with van der Waals surface area (Å²) in [6.07, 6.45) is -5.88. The van der Waals surface area contributed by atoms with E-state index in [0.29, 0.717) is 0 Å². The first-order chi connectivity index (χ1) is 6.29. The SMILES string of the molecule is Fc1c(Cl)nc(CC(F)(F)F)nc1Cl. The zero-order chi connectivity index (χ0) is 10.9. The van der Waals surface area contributed by atoms with Gasteiger partial charge in [0.1, 0.15) is 12.2 Å². The van der Waals surface area contributed by atoms with Crippen molar-refractivity contribution in [2.45, 2.75) is 12.6 Å². The second-order valence-corrected chi connectivity index (χ2v) is 3.04. The van der Waals surface area contributed by atoms with Crippen LogP contribution in [0, 0.1) is 5.82 Å². The van der Waals surface area contributed by atoms with E-state index in [2.05, 4.69) is 9.97 Å². The van der Waals surface area contributed by atoms with Gasteiger partial charge in [-0.1, -0.05) is 23.2 Å². The molecule has 0 spiro atoms. The van der Waals surface area contributed by atoms with E-state index in [1.165, 1.54) is 0 Å². The minimum Gasteiger partial charge on any atom is -0.218 e. The van der Waals surface area contributed by atoms with Crippen LogP contribution >= 0.6 is 23.2 Å². The van der Waals surface area contributed by atoms with Crippen molar-refractivity contribution in [1.82, 2.24) is 9.97 Å². The molecule has 1 rings (SSSR count). The minimum atomic E-state index is -4.48. The average molecular weight is 249 g/mol. The van der Waals surface area contributed by atoms with Gasteiger partial charge in [0.2, 0.25) is 0 Å². The van der Waals surface area contributed by atoms with Crippen molar-refractivity contribution in [3.63, 3.8) is 0 Å². The molecule has 0 aromatic carbocycles. The summed E-state index contributed by atoms with van der Waals surface area (Å²) in [7, 11) is 0. The van der Waals surface area contributed by atoms with Gasteiger partial charge in [-0.15, -0.1) is 0 Å². The summed E-state index contributed by atoms with van der Waals surface area (Å²) in [6, 6.07) is 0. The summed E-state index contributed by atoms with van der Waals surface area (Å²) in [5, 5.41) is -1.44. The number of halogens is 6. The average Bonchev–Trinajstić information content (AvgIpc) is 1.96. The van der Waals surface area contributed by atoms with Crippen LogP contribution in [0.5, 0.6) is 0 Å². The quantitative estimate of drug-likeness (QED) is 0.564. The van der Waals surface area contributed by atoms with Crippen LogP contribution in [-0.4, -0.2) is 16.1 Å². The van der Waals surface area contributed by atoms with E-state index >= 15 is 0 Å². The van der Waals surface area contributed by atoms with Gasteiger partial charge in [0.25, 0.3) is 0 Å². The third-order valence-corrected chi connectivity index (χ3v) is 1.68. The topological polar surface area (TPSA) is 25.8 Å². The van der Waals surface area contributed by atoms with Crippen molar-refractivity contribution in [2.75, 3.05) is 0 Å². The molecule has 0 aliphatic heterocycles. The van der Waals surface area contributed by atoms with E-state index in [1.807, 2.05) is 0 Å². The van der Waals surface area contributed by atoms with Crippen molar-refractivity contribution in [2.24, 2.45) is 0 Å². The molecule has 0 unspecified atom stereocenters. The molecule has 8 heteroatoms.